The molecule has 0 spiro atoms. The molecule has 2 N–H and O–H groups in total. The van der Waals surface area contributed by atoms with Crippen molar-refractivity contribution in [1.29, 1.82) is 0 Å². The van der Waals surface area contributed by atoms with Crippen LogP contribution >= 0.6 is 0 Å². The second-order valence-electron chi connectivity index (χ2n) is 5.25. The maximum absolute atomic E-state index is 12.3. The molecule has 1 aromatic heterocycles. The van der Waals surface area contributed by atoms with Crippen LogP contribution in [0.5, 0.6) is 11.5 Å². The summed E-state index contributed by atoms with van der Waals surface area (Å²) >= 11 is 0. The number of amides is 2. The molecule has 1 aromatic carbocycles. The molecule has 1 aliphatic rings. The van der Waals surface area contributed by atoms with Crippen LogP contribution in [0.1, 0.15) is 18.3 Å². The van der Waals surface area contributed by atoms with Crippen LogP contribution in [0.2, 0.25) is 0 Å². The Hall–Kier alpha value is -3.10. The van der Waals surface area contributed by atoms with Crippen LogP contribution < -0.4 is 20.1 Å². The van der Waals surface area contributed by atoms with Gasteiger partial charge in [-0.25, -0.2) is 4.68 Å². The Morgan fingerprint density at radius 1 is 1.38 bits per heavy atom. The number of fused-ring (bicyclic) bond motifs is 1. The third-order valence-electron chi connectivity index (χ3n) is 3.63. The van der Waals surface area contributed by atoms with Crippen molar-refractivity contribution in [1.82, 2.24) is 14.8 Å². The van der Waals surface area contributed by atoms with E-state index >= 15 is 0 Å². The summed E-state index contributed by atoms with van der Waals surface area (Å²) in [7, 11) is 3.04. The molecule has 24 heavy (non-hydrogen) atoms. The molecule has 1 atom stereocenters. The lowest BCUT2D eigenvalue weighted by molar-refractivity contribution is -0.123. The number of nitrogens with one attached hydrogen (secondary N) is 2. The highest BCUT2D eigenvalue weighted by Gasteiger charge is 2.34. The average molecular weight is 331 g/mol. The Kier molecular flexibility index (Phi) is 4.07. The fraction of sp³-hybridized carbons (Fsp3) is 0.333. The Labute approximate surface area is 138 Å². The van der Waals surface area contributed by atoms with Crippen molar-refractivity contribution in [3.8, 4) is 11.5 Å². The molecule has 0 saturated carbocycles. The lowest BCUT2D eigenvalue weighted by Crippen LogP contribution is -2.24. The molecule has 2 amide bonds. The normalized spacial score (nSPS) is 15.6. The molecule has 0 radical (unpaired) electrons. The van der Waals surface area contributed by atoms with Gasteiger partial charge in [-0.1, -0.05) is 0 Å². The minimum Gasteiger partial charge on any atom is -0.497 e. The number of carbonyl (C=O) groups excluding carboxylic acids is 2. The molecule has 0 fully saturated rings. The Morgan fingerprint density at radius 3 is 2.88 bits per heavy atom. The number of carbonyl (C=O) groups is 2. The summed E-state index contributed by atoms with van der Waals surface area (Å²) in [6, 6.07) is 4.34. The van der Waals surface area contributed by atoms with E-state index in [0.29, 0.717) is 29.0 Å². The van der Waals surface area contributed by atoms with Crippen LogP contribution in [-0.4, -0.2) is 40.8 Å². The van der Waals surface area contributed by atoms with Crippen molar-refractivity contribution in [2.75, 3.05) is 24.9 Å². The fourth-order valence-corrected chi connectivity index (χ4v) is 2.50. The maximum atomic E-state index is 12.3. The minimum atomic E-state index is -0.724. The van der Waals surface area contributed by atoms with E-state index in [1.807, 2.05) is 0 Å². The first-order valence-electron chi connectivity index (χ1n) is 7.27. The molecule has 0 bridgehead atoms. The van der Waals surface area contributed by atoms with Crippen molar-refractivity contribution in [2.24, 2.45) is 0 Å². The summed E-state index contributed by atoms with van der Waals surface area (Å²) in [5, 5.41) is 9.48. The van der Waals surface area contributed by atoms with Gasteiger partial charge in [0, 0.05) is 6.07 Å². The Bertz CT molecular complexity index is 801. The van der Waals surface area contributed by atoms with Crippen molar-refractivity contribution in [3.05, 3.63) is 24.0 Å². The number of anilines is 2. The number of methoxy groups -OCH3 is 2. The molecule has 2 aromatic rings. The van der Waals surface area contributed by atoms with Gasteiger partial charge in [0.15, 0.2) is 0 Å². The van der Waals surface area contributed by atoms with Gasteiger partial charge in [-0.3, -0.25) is 14.9 Å². The van der Waals surface area contributed by atoms with Gasteiger partial charge in [-0.2, -0.15) is 10.1 Å². The third-order valence-corrected chi connectivity index (χ3v) is 3.63. The number of ether oxygens (including phenoxy) is 2. The minimum absolute atomic E-state index is 0.0675. The zero-order valence-corrected chi connectivity index (χ0v) is 13.5. The average Bonchev–Trinajstić information content (AvgIpc) is 3.04. The third kappa shape index (κ3) is 2.87. The molecule has 126 valence electrons. The summed E-state index contributed by atoms with van der Waals surface area (Å²) in [6.07, 6.45) is -0.0675. The lowest BCUT2D eigenvalue weighted by Gasteiger charge is -2.13. The van der Waals surface area contributed by atoms with Gasteiger partial charge >= 0.3 is 0 Å². The van der Waals surface area contributed by atoms with E-state index in [1.54, 1.807) is 25.1 Å². The molecule has 0 unspecified atom stereocenters. The van der Waals surface area contributed by atoms with Gasteiger partial charge in [-0.05, 0) is 19.1 Å². The fourth-order valence-electron chi connectivity index (χ4n) is 2.50. The molecule has 2 heterocycles. The first kappa shape index (κ1) is 15.8. The zero-order valence-electron chi connectivity index (χ0n) is 13.5. The Morgan fingerprint density at radius 2 is 2.17 bits per heavy atom. The number of aryl methyl sites for hydroxylation is 1. The van der Waals surface area contributed by atoms with E-state index in [0.717, 1.165) is 0 Å². The molecule has 0 saturated heterocycles. The zero-order chi connectivity index (χ0) is 17.3. The predicted molar refractivity (Wildman–Crippen MR) is 85.2 cm³/mol. The van der Waals surface area contributed by atoms with Crippen LogP contribution in [0.15, 0.2) is 18.2 Å². The summed E-state index contributed by atoms with van der Waals surface area (Å²) in [4.78, 5) is 28.4. The highest BCUT2D eigenvalue weighted by atomic mass is 16.5. The highest BCUT2D eigenvalue weighted by molar-refractivity contribution is 6.01. The largest absolute Gasteiger partial charge is 0.497 e. The molecule has 3 rings (SSSR count). The monoisotopic (exact) mass is 331 g/mol. The van der Waals surface area contributed by atoms with E-state index in [4.69, 9.17) is 9.47 Å². The van der Waals surface area contributed by atoms with E-state index in [2.05, 4.69) is 20.7 Å². The molecule has 0 aliphatic carbocycles. The van der Waals surface area contributed by atoms with Gasteiger partial charge in [-0.15, -0.1) is 0 Å². The van der Waals surface area contributed by atoms with Crippen molar-refractivity contribution >= 4 is 23.5 Å². The van der Waals surface area contributed by atoms with Crippen LogP contribution in [0, 0.1) is 6.92 Å². The van der Waals surface area contributed by atoms with Crippen LogP contribution in [0.25, 0.3) is 0 Å². The van der Waals surface area contributed by atoms with Crippen LogP contribution in [-0.2, 0) is 9.59 Å². The van der Waals surface area contributed by atoms with E-state index in [9.17, 15) is 9.59 Å². The molecule has 1 aliphatic heterocycles. The smallest absolute Gasteiger partial charge is 0.252 e. The number of hydrogen-bond donors (Lipinski definition) is 2. The first-order chi connectivity index (χ1) is 11.5. The quantitative estimate of drug-likeness (QED) is 0.850. The number of rotatable bonds is 5. The topological polar surface area (TPSA) is 107 Å². The number of benzene rings is 1. The van der Waals surface area contributed by atoms with Gasteiger partial charge < -0.3 is 14.8 Å². The van der Waals surface area contributed by atoms with Crippen LogP contribution in [0.4, 0.5) is 11.6 Å². The molecule has 9 nitrogen and oxygen atoms in total. The Balaban J connectivity index is 1.75. The van der Waals surface area contributed by atoms with Crippen LogP contribution in [0.3, 0.4) is 0 Å². The lowest BCUT2D eigenvalue weighted by atomic mass is 10.2. The SMILES string of the molecule is COc1ccc(OC)c(NC(=O)C[C@H]2C(=O)Nc3nc(C)nn32)c1. The highest BCUT2D eigenvalue weighted by Crippen LogP contribution is 2.30. The standard InChI is InChI=1S/C15H17N5O4/c1-8-16-15-18-14(22)11(20(15)19-8)7-13(21)17-10-6-9(23-2)4-5-12(10)24-3/h4-6,11H,7H2,1-3H3,(H,17,21)(H,16,18,19,22)/t11-/m0/s1. The van der Waals surface area contributed by atoms with Crippen molar-refractivity contribution < 1.29 is 19.1 Å². The number of aromatic nitrogens is 3. The van der Waals surface area contributed by atoms with E-state index in [-0.39, 0.29) is 18.2 Å². The summed E-state index contributed by atoms with van der Waals surface area (Å²) in [5.41, 5.74) is 0.468. The maximum Gasteiger partial charge on any atom is 0.252 e. The number of hydrogen-bond acceptors (Lipinski definition) is 6. The molecule has 9 heteroatoms. The summed E-state index contributed by atoms with van der Waals surface area (Å²) < 4.78 is 11.8. The van der Waals surface area contributed by atoms with Crippen molar-refractivity contribution in [2.45, 2.75) is 19.4 Å². The predicted octanol–water partition coefficient (Wildman–Crippen LogP) is 1.13. The second-order valence-corrected chi connectivity index (χ2v) is 5.25. The van der Waals surface area contributed by atoms with Crippen molar-refractivity contribution in [3.63, 3.8) is 0 Å². The number of nitrogens with zero attached hydrogens (tertiary/aromatic N) is 3. The summed E-state index contributed by atoms with van der Waals surface area (Å²) in [5.74, 6) is 1.32. The summed E-state index contributed by atoms with van der Waals surface area (Å²) in [6.45, 7) is 1.72. The first-order valence-corrected chi connectivity index (χ1v) is 7.27. The van der Waals surface area contributed by atoms with E-state index < -0.39 is 6.04 Å². The molecular formula is C15H17N5O4. The second kappa shape index (κ2) is 6.19. The van der Waals surface area contributed by atoms with Gasteiger partial charge in [0.1, 0.15) is 23.4 Å². The molecular weight excluding hydrogens is 314 g/mol. The van der Waals surface area contributed by atoms with Gasteiger partial charge in [0.05, 0.1) is 26.3 Å². The van der Waals surface area contributed by atoms with Gasteiger partial charge in [0.2, 0.25) is 11.9 Å². The van der Waals surface area contributed by atoms with Gasteiger partial charge in [0.25, 0.3) is 5.91 Å². The van der Waals surface area contributed by atoms with E-state index in [1.165, 1.54) is 18.9 Å².